The number of para-hydroxylation sites is 1. The molecule has 0 saturated heterocycles. The SMILES string of the molecule is Cc1nc(-n2nccn2)c(Cl)cc1NC(=O)Oc1ccccc1. The Hall–Kier alpha value is -2.93. The van der Waals surface area contributed by atoms with E-state index >= 15 is 0 Å². The highest BCUT2D eigenvalue weighted by atomic mass is 35.5. The van der Waals surface area contributed by atoms with Crippen LogP contribution in [-0.2, 0) is 0 Å². The largest absolute Gasteiger partial charge is 0.417 e. The van der Waals surface area contributed by atoms with Gasteiger partial charge in [0, 0.05) is 0 Å². The van der Waals surface area contributed by atoms with E-state index in [-0.39, 0.29) is 0 Å². The van der Waals surface area contributed by atoms with Crippen LogP contribution in [0, 0.1) is 6.92 Å². The van der Waals surface area contributed by atoms with E-state index < -0.39 is 6.09 Å². The van der Waals surface area contributed by atoms with Crippen LogP contribution in [0.25, 0.3) is 5.82 Å². The highest BCUT2D eigenvalue weighted by Crippen LogP contribution is 2.24. The van der Waals surface area contributed by atoms with Gasteiger partial charge in [-0.05, 0) is 25.1 Å². The number of amides is 1. The zero-order valence-corrected chi connectivity index (χ0v) is 12.9. The molecule has 7 nitrogen and oxygen atoms in total. The molecule has 2 aromatic heterocycles. The third-order valence-corrected chi connectivity index (χ3v) is 3.22. The number of benzene rings is 1. The average molecular weight is 330 g/mol. The highest BCUT2D eigenvalue weighted by molar-refractivity contribution is 6.32. The minimum absolute atomic E-state index is 0.307. The van der Waals surface area contributed by atoms with Gasteiger partial charge in [0.2, 0.25) is 0 Å². The van der Waals surface area contributed by atoms with Gasteiger partial charge in [-0.1, -0.05) is 29.8 Å². The summed E-state index contributed by atoms with van der Waals surface area (Å²) in [6.07, 6.45) is 2.43. The van der Waals surface area contributed by atoms with Crippen molar-refractivity contribution in [2.45, 2.75) is 6.92 Å². The molecular formula is C15H12ClN5O2. The molecule has 8 heteroatoms. The summed E-state index contributed by atoms with van der Waals surface area (Å²) in [7, 11) is 0. The normalized spacial score (nSPS) is 10.3. The van der Waals surface area contributed by atoms with Gasteiger partial charge in [-0.3, -0.25) is 5.32 Å². The van der Waals surface area contributed by atoms with Crippen molar-refractivity contribution in [3.05, 3.63) is 59.5 Å². The molecule has 0 bridgehead atoms. The summed E-state index contributed by atoms with van der Waals surface area (Å²) in [6, 6.07) is 10.3. The lowest BCUT2D eigenvalue weighted by molar-refractivity contribution is 0.215. The van der Waals surface area contributed by atoms with Crippen molar-refractivity contribution in [1.29, 1.82) is 0 Å². The highest BCUT2D eigenvalue weighted by Gasteiger charge is 2.13. The van der Waals surface area contributed by atoms with Crippen molar-refractivity contribution >= 4 is 23.4 Å². The number of rotatable bonds is 3. The molecule has 23 heavy (non-hydrogen) atoms. The first-order valence-corrected chi connectivity index (χ1v) is 7.09. The maximum Gasteiger partial charge on any atom is 0.417 e. The molecule has 0 aliphatic carbocycles. The summed E-state index contributed by atoms with van der Waals surface area (Å²) in [4.78, 5) is 17.5. The number of nitrogens with zero attached hydrogens (tertiary/aromatic N) is 4. The third-order valence-electron chi connectivity index (χ3n) is 2.95. The lowest BCUT2D eigenvalue weighted by Gasteiger charge is -2.11. The number of ether oxygens (including phenoxy) is 1. The molecule has 1 aromatic carbocycles. The van der Waals surface area contributed by atoms with Crippen molar-refractivity contribution in [3.63, 3.8) is 0 Å². The number of carbonyl (C=O) groups excluding carboxylic acids is 1. The van der Waals surface area contributed by atoms with E-state index in [1.54, 1.807) is 37.3 Å². The number of aryl methyl sites for hydroxylation is 1. The van der Waals surface area contributed by atoms with Crippen molar-refractivity contribution < 1.29 is 9.53 Å². The summed E-state index contributed by atoms with van der Waals surface area (Å²) >= 11 is 6.18. The second-order valence-corrected chi connectivity index (χ2v) is 4.98. The molecule has 0 radical (unpaired) electrons. The molecule has 3 rings (SSSR count). The second kappa shape index (κ2) is 6.45. The number of carbonyl (C=O) groups is 1. The maximum atomic E-state index is 11.9. The lowest BCUT2D eigenvalue weighted by atomic mass is 10.3. The maximum absolute atomic E-state index is 11.9. The molecule has 1 amide bonds. The zero-order chi connectivity index (χ0) is 16.2. The van der Waals surface area contributed by atoms with E-state index in [9.17, 15) is 4.79 Å². The van der Waals surface area contributed by atoms with Crippen LogP contribution in [0.4, 0.5) is 10.5 Å². The quantitative estimate of drug-likeness (QED) is 0.797. The van der Waals surface area contributed by atoms with Gasteiger partial charge >= 0.3 is 6.09 Å². The van der Waals surface area contributed by atoms with Crippen molar-refractivity contribution in [2.75, 3.05) is 5.32 Å². The Balaban J connectivity index is 1.78. The summed E-state index contributed by atoms with van der Waals surface area (Å²) in [5.41, 5.74) is 1.01. The summed E-state index contributed by atoms with van der Waals surface area (Å²) < 4.78 is 5.16. The monoisotopic (exact) mass is 329 g/mol. The molecule has 0 atom stereocenters. The van der Waals surface area contributed by atoms with Crippen LogP contribution < -0.4 is 10.1 Å². The second-order valence-electron chi connectivity index (χ2n) is 4.57. The van der Waals surface area contributed by atoms with Gasteiger partial charge in [-0.25, -0.2) is 9.78 Å². The van der Waals surface area contributed by atoms with E-state index in [4.69, 9.17) is 16.3 Å². The van der Waals surface area contributed by atoms with Crippen molar-refractivity contribution in [3.8, 4) is 11.6 Å². The van der Waals surface area contributed by atoms with E-state index in [0.29, 0.717) is 28.0 Å². The van der Waals surface area contributed by atoms with Crippen LogP contribution in [0.5, 0.6) is 5.75 Å². The Kier molecular flexibility index (Phi) is 4.20. The number of hydrogen-bond acceptors (Lipinski definition) is 5. The number of hydrogen-bond donors (Lipinski definition) is 1. The molecule has 0 saturated carbocycles. The number of halogens is 1. The van der Waals surface area contributed by atoms with E-state index in [1.165, 1.54) is 17.2 Å². The van der Waals surface area contributed by atoms with Gasteiger partial charge < -0.3 is 4.74 Å². The Morgan fingerprint density at radius 1 is 1.22 bits per heavy atom. The Bertz CT molecular complexity index is 821. The number of anilines is 1. The predicted molar refractivity (Wildman–Crippen MR) is 85.0 cm³/mol. The van der Waals surface area contributed by atoms with Crippen LogP contribution in [0.15, 0.2) is 48.8 Å². The molecule has 0 fully saturated rings. The first-order valence-electron chi connectivity index (χ1n) is 6.71. The molecule has 0 aliphatic rings. The summed E-state index contributed by atoms with van der Waals surface area (Å²) in [5, 5.41) is 10.9. The van der Waals surface area contributed by atoms with E-state index in [1.807, 2.05) is 6.07 Å². The Labute approximate surface area is 136 Å². The minimum atomic E-state index is -0.623. The van der Waals surface area contributed by atoms with Crippen LogP contribution in [0.1, 0.15) is 5.69 Å². The molecule has 116 valence electrons. The lowest BCUT2D eigenvalue weighted by Crippen LogP contribution is -2.18. The molecule has 2 heterocycles. The van der Waals surface area contributed by atoms with Gasteiger partial charge in [0.1, 0.15) is 5.75 Å². The fraction of sp³-hybridized carbons (Fsp3) is 0.0667. The first-order chi connectivity index (χ1) is 11.1. The van der Waals surface area contributed by atoms with Gasteiger partial charge in [-0.2, -0.15) is 10.2 Å². The van der Waals surface area contributed by atoms with Crippen molar-refractivity contribution in [2.24, 2.45) is 0 Å². The van der Waals surface area contributed by atoms with Gasteiger partial charge in [-0.15, -0.1) is 4.80 Å². The van der Waals surface area contributed by atoms with Crippen LogP contribution >= 0.6 is 11.6 Å². The Morgan fingerprint density at radius 3 is 2.61 bits per heavy atom. The van der Waals surface area contributed by atoms with E-state index in [2.05, 4.69) is 20.5 Å². The molecule has 1 N–H and O–H groups in total. The van der Waals surface area contributed by atoms with Crippen molar-refractivity contribution in [1.82, 2.24) is 20.0 Å². The van der Waals surface area contributed by atoms with Gasteiger partial charge in [0.15, 0.2) is 5.82 Å². The summed E-state index contributed by atoms with van der Waals surface area (Å²) in [6.45, 7) is 1.74. The van der Waals surface area contributed by atoms with Gasteiger partial charge in [0.25, 0.3) is 0 Å². The predicted octanol–water partition coefficient (Wildman–Crippen LogP) is 3.24. The van der Waals surface area contributed by atoms with Crippen LogP contribution in [0.3, 0.4) is 0 Å². The molecule has 3 aromatic rings. The number of nitrogens with one attached hydrogen (secondary N) is 1. The van der Waals surface area contributed by atoms with Gasteiger partial charge in [0.05, 0.1) is 28.8 Å². The zero-order valence-electron chi connectivity index (χ0n) is 12.1. The number of aromatic nitrogens is 4. The summed E-state index contributed by atoms with van der Waals surface area (Å²) in [5.74, 6) is 0.829. The van der Waals surface area contributed by atoms with Crippen LogP contribution in [-0.4, -0.2) is 26.1 Å². The first kappa shape index (κ1) is 15.0. The average Bonchev–Trinajstić information content (AvgIpc) is 3.05. The van der Waals surface area contributed by atoms with Crippen LogP contribution in [0.2, 0.25) is 5.02 Å². The van der Waals surface area contributed by atoms with E-state index in [0.717, 1.165) is 0 Å². The minimum Gasteiger partial charge on any atom is -0.410 e. The molecule has 0 spiro atoms. The fourth-order valence-electron chi connectivity index (χ4n) is 1.89. The fourth-order valence-corrected chi connectivity index (χ4v) is 2.12. The topological polar surface area (TPSA) is 81.9 Å². The smallest absolute Gasteiger partial charge is 0.410 e. The molecular weight excluding hydrogens is 318 g/mol. The molecule has 0 unspecified atom stereocenters. The molecule has 0 aliphatic heterocycles. The Morgan fingerprint density at radius 2 is 1.91 bits per heavy atom. The number of pyridine rings is 1. The third kappa shape index (κ3) is 3.46. The standard InChI is InChI=1S/C15H12ClN5O2/c1-10-13(20-15(22)23-11-5-3-2-4-6-11)9-12(16)14(19-10)21-17-7-8-18-21/h2-9H,1H3,(H,20,22).